The molecule has 0 atom stereocenters. The SMILES string of the molecule is CC(C)(C#N)NC(=O)OC(C)(C)C. The average Bonchev–Trinajstić information content (AvgIpc) is 1.81. The Labute approximate surface area is 78.9 Å². The molecule has 0 spiro atoms. The number of rotatable bonds is 1. The van der Waals surface area contributed by atoms with E-state index in [1.807, 2.05) is 6.07 Å². The summed E-state index contributed by atoms with van der Waals surface area (Å²) in [6, 6.07) is 1.95. The van der Waals surface area contributed by atoms with Crippen LogP contribution in [0.25, 0.3) is 0 Å². The van der Waals surface area contributed by atoms with Crippen LogP contribution < -0.4 is 5.32 Å². The molecule has 0 bridgehead atoms. The molecular weight excluding hydrogens is 168 g/mol. The Morgan fingerprint density at radius 3 is 2.08 bits per heavy atom. The molecule has 0 aliphatic carbocycles. The van der Waals surface area contributed by atoms with Gasteiger partial charge < -0.3 is 10.1 Å². The van der Waals surface area contributed by atoms with Crippen molar-refractivity contribution in [1.82, 2.24) is 5.32 Å². The lowest BCUT2D eigenvalue weighted by Gasteiger charge is -2.23. The Hall–Kier alpha value is -1.24. The van der Waals surface area contributed by atoms with Gasteiger partial charge in [-0.15, -0.1) is 0 Å². The van der Waals surface area contributed by atoms with Gasteiger partial charge in [-0.2, -0.15) is 5.26 Å². The van der Waals surface area contributed by atoms with Crippen LogP contribution in [-0.4, -0.2) is 17.2 Å². The Morgan fingerprint density at radius 2 is 1.77 bits per heavy atom. The predicted octanol–water partition coefficient (Wildman–Crippen LogP) is 1.81. The number of hydrogen-bond acceptors (Lipinski definition) is 3. The zero-order valence-electron chi connectivity index (χ0n) is 8.76. The number of ether oxygens (including phenoxy) is 1. The van der Waals surface area contributed by atoms with E-state index in [0.717, 1.165) is 0 Å². The van der Waals surface area contributed by atoms with Crippen molar-refractivity contribution in [2.45, 2.75) is 45.8 Å². The summed E-state index contributed by atoms with van der Waals surface area (Å²) in [7, 11) is 0. The van der Waals surface area contributed by atoms with Crippen LogP contribution in [0.3, 0.4) is 0 Å². The van der Waals surface area contributed by atoms with E-state index in [4.69, 9.17) is 10.00 Å². The Bertz CT molecular complexity index is 233. The van der Waals surface area contributed by atoms with E-state index in [1.54, 1.807) is 34.6 Å². The summed E-state index contributed by atoms with van der Waals surface area (Å²) < 4.78 is 4.97. The third-order valence-electron chi connectivity index (χ3n) is 1.09. The van der Waals surface area contributed by atoms with E-state index >= 15 is 0 Å². The molecule has 1 N–H and O–H groups in total. The van der Waals surface area contributed by atoms with E-state index in [-0.39, 0.29) is 0 Å². The molecule has 0 aromatic rings. The minimum absolute atomic E-state index is 0.532. The first kappa shape index (κ1) is 11.8. The third kappa shape index (κ3) is 5.97. The second-order valence-electron chi connectivity index (χ2n) is 4.36. The van der Waals surface area contributed by atoms with E-state index < -0.39 is 17.2 Å². The Balaban J connectivity index is 4.13. The molecule has 0 rings (SSSR count). The normalized spacial score (nSPS) is 11.7. The molecule has 0 aliphatic rings. The van der Waals surface area contributed by atoms with Crippen LogP contribution in [0, 0.1) is 11.3 Å². The number of hydrogen-bond donors (Lipinski definition) is 1. The van der Waals surface area contributed by atoms with Crippen LogP contribution in [0.15, 0.2) is 0 Å². The molecule has 0 unspecified atom stereocenters. The van der Waals surface area contributed by atoms with Gasteiger partial charge >= 0.3 is 6.09 Å². The molecule has 4 heteroatoms. The van der Waals surface area contributed by atoms with Crippen molar-refractivity contribution in [3.8, 4) is 6.07 Å². The van der Waals surface area contributed by atoms with Crippen LogP contribution in [0.1, 0.15) is 34.6 Å². The molecular formula is C9H16N2O2. The highest BCUT2D eigenvalue weighted by Gasteiger charge is 2.23. The van der Waals surface area contributed by atoms with Crippen LogP contribution in [0.5, 0.6) is 0 Å². The van der Waals surface area contributed by atoms with E-state index in [1.165, 1.54) is 0 Å². The molecule has 0 aromatic heterocycles. The van der Waals surface area contributed by atoms with Gasteiger partial charge in [0.1, 0.15) is 11.1 Å². The zero-order valence-corrected chi connectivity index (χ0v) is 8.76. The van der Waals surface area contributed by atoms with Crippen LogP contribution in [-0.2, 0) is 4.74 Å². The summed E-state index contributed by atoms with van der Waals surface area (Å²) in [5, 5.41) is 11.1. The summed E-state index contributed by atoms with van der Waals surface area (Å²) in [4.78, 5) is 11.1. The number of alkyl carbamates (subject to hydrolysis) is 1. The highest BCUT2D eigenvalue weighted by atomic mass is 16.6. The van der Waals surface area contributed by atoms with Gasteiger partial charge in [0.25, 0.3) is 0 Å². The van der Waals surface area contributed by atoms with Crippen LogP contribution >= 0.6 is 0 Å². The van der Waals surface area contributed by atoms with Crippen molar-refractivity contribution in [3.05, 3.63) is 0 Å². The fraction of sp³-hybridized carbons (Fsp3) is 0.778. The number of amides is 1. The van der Waals surface area contributed by atoms with Gasteiger partial charge in [-0.25, -0.2) is 4.79 Å². The summed E-state index contributed by atoms with van der Waals surface area (Å²) in [5.74, 6) is 0. The van der Waals surface area contributed by atoms with Gasteiger partial charge in [0.15, 0.2) is 0 Å². The topological polar surface area (TPSA) is 62.1 Å². The van der Waals surface area contributed by atoms with Gasteiger partial charge in [0.2, 0.25) is 0 Å². The molecule has 13 heavy (non-hydrogen) atoms. The van der Waals surface area contributed by atoms with Crippen molar-refractivity contribution in [3.63, 3.8) is 0 Å². The highest BCUT2D eigenvalue weighted by molar-refractivity contribution is 5.69. The highest BCUT2D eigenvalue weighted by Crippen LogP contribution is 2.08. The van der Waals surface area contributed by atoms with Crippen molar-refractivity contribution in [1.29, 1.82) is 5.26 Å². The standard InChI is InChI=1S/C9H16N2O2/c1-8(2,3)13-7(12)11-9(4,5)6-10/h1-5H3,(H,11,12). The molecule has 0 aliphatic heterocycles. The first-order chi connectivity index (χ1) is 5.66. The fourth-order valence-electron chi connectivity index (χ4n) is 0.587. The predicted molar refractivity (Wildman–Crippen MR) is 49.1 cm³/mol. The average molecular weight is 184 g/mol. The Kier molecular flexibility index (Phi) is 3.30. The number of nitriles is 1. The molecule has 4 nitrogen and oxygen atoms in total. The number of carbonyl (C=O) groups is 1. The molecule has 74 valence electrons. The number of nitrogens with zero attached hydrogens (tertiary/aromatic N) is 1. The summed E-state index contributed by atoms with van der Waals surface area (Å²) in [6.45, 7) is 8.53. The lowest BCUT2D eigenvalue weighted by Crippen LogP contribution is -2.44. The van der Waals surface area contributed by atoms with E-state index in [2.05, 4.69) is 5.32 Å². The minimum Gasteiger partial charge on any atom is -0.444 e. The quantitative estimate of drug-likeness (QED) is 0.676. The van der Waals surface area contributed by atoms with Crippen LogP contribution in [0.4, 0.5) is 4.79 Å². The van der Waals surface area contributed by atoms with Crippen LogP contribution in [0.2, 0.25) is 0 Å². The maximum absolute atomic E-state index is 11.1. The van der Waals surface area contributed by atoms with E-state index in [0.29, 0.717) is 0 Å². The van der Waals surface area contributed by atoms with E-state index in [9.17, 15) is 4.79 Å². The summed E-state index contributed by atoms with van der Waals surface area (Å²) in [5.41, 5.74) is -1.42. The lowest BCUT2D eigenvalue weighted by molar-refractivity contribution is 0.0493. The lowest BCUT2D eigenvalue weighted by atomic mass is 10.1. The third-order valence-corrected chi connectivity index (χ3v) is 1.09. The van der Waals surface area contributed by atoms with Gasteiger partial charge in [-0.05, 0) is 34.6 Å². The summed E-state index contributed by atoms with van der Waals surface area (Å²) >= 11 is 0. The fourth-order valence-corrected chi connectivity index (χ4v) is 0.587. The van der Waals surface area contributed by atoms with Crippen molar-refractivity contribution in [2.75, 3.05) is 0 Å². The van der Waals surface area contributed by atoms with Gasteiger partial charge in [-0.3, -0.25) is 0 Å². The molecule has 0 saturated heterocycles. The minimum atomic E-state index is -0.887. The zero-order chi connectivity index (χ0) is 10.7. The smallest absolute Gasteiger partial charge is 0.408 e. The maximum Gasteiger partial charge on any atom is 0.408 e. The molecule has 0 aromatic carbocycles. The van der Waals surface area contributed by atoms with Crippen molar-refractivity contribution < 1.29 is 9.53 Å². The first-order valence-corrected chi connectivity index (χ1v) is 4.09. The molecule has 0 heterocycles. The molecule has 1 amide bonds. The van der Waals surface area contributed by atoms with Gasteiger partial charge in [0, 0.05) is 0 Å². The van der Waals surface area contributed by atoms with Gasteiger partial charge in [0.05, 0.1) is 6.07 Å². The second kappa shape index (κ2) is 3.65. The number of nitrogens with one attached hydrogen (secondary N) is 1. The summed E-state index contributed by atoms with van der Waals surface area (Å²) in [6.07, 6.45) is -0.570. The van der Waals surface area contributed by atoms with Gasteiger partial charge in [-0.1, -0.05) is 0 Å². The monoisotopic (exact) mass is 184 g/mol. The number of carbonyl (C=O) groups excluding carboxylic acids is 1. The maximum atomic E-state index is 11.1. The molecule has 0 saturated carbocycles. The first-order valence-electron chi connectivity index (χ1n) is 4.09. The molecule has 0 radical (unpaired) electrons. The van der Waals surface area contributed by atoms with Crippen molar-refractivity contribution >= 4 is 6.09 Å². The molecule has 0 fully saturated rings. The Morgan fingerprint density at radius 1 is 1.31 bits per heavy atom. The van der Waals surface area contributed by atoms with Crippen molar-refractivity contribution in [2.24, 2.45) is 0 Å². The largest absolute Gasteiger partial charge is 0.444 e. The second-order valence-corrected chi connectivity index (χ2v) is 4.36.